The summed E-state index contributed by atoms with van der Waals surface area (Å²) >= 11 is 0. The maximum atomic E-state index is 14.6. The Morgan fingerprint density at radius 1 is 0.694 bits per heavy atom. The van der Waals surface area contributed by atoms with Gasteiger partial charge in [-0.2, -0.15) is 0 Å². The number of sulfonamides is 1. The predicted molar refractivity (Wildman–Crippen MR) is 193 cm³/mol. The van der Waals surface area contributed by atoms with Gasteiger partial charge in [0.1, 0.15) is 24.1 Å². The summed E-state index contributed by atoms with van der Waals surface area (Å²) in [5.74, 6) is 0.320. The van der Waals surface area contributed by atoms with Crippen LogP contribution in [0.15, 0.2) is 150 Å². The first-order chi connectivity index (χ1) is 23.7. The zero-order chi connectivity index (χ0) is 34.6. The van der Waals surface area contributed by atoms with Gasteiger partial charge in [0.05, 0.1) is 10.6 Å². The minimum absolute atomic E-state index is 0.0392. The van der Waals surface area contributed by atoms with Gasteiger partial charge in [-0.1, -0.05) is 104 Å². The molecule has 0 saturated carbocycles. The number of para-hydroxylation sites is 1. The molecule has 0 aromatic heterocycles. The normalized spacial score (nSPS) is 12.4. The van der Waals surface area contributed by atoms with Crippen molar-refractivity contribution in [1.29, 1.82) is 0 Å². The smallest absolute Gasteiger partial charge is 0.264 e. The Labute approximate surface area is 289 Å². The second kappa shape index (κ2) is 16.6. The van der Waals surface area contributed by atoms with Crippen molar-refractivity contribution in [3.8, 4) is 11.5 Å². The average molecular weight is 676 g/mol. The van der Waals surface area contributed by atoms with Gasteiger partial charge in [0.2, 0.25) is 11.8 Å². The lowest BCUT2D eigenvalue weighted by molar-refractivity contribution is -0.140. The molecule has 0 saturated heterocycles. The molecule has 8 nitrogen and oxygen atoms in total. The van der Waals surface area contributed by atoms with E-state index in [0.717, 1.165) is 15.4 Å². The van der Waals surface area contributed by atoms with Crippen LogP contribution in [0.5, 0.6) is 11.5 Å². The first-order valence-electron chi connectivity index (χ1n) is 16.3. The number of carbonyl (C=O) groups is 2. The van der Waals surface area contributed by atoms with Crippen LogP contribution in [-0.4, -0.2) is 43.8 Å². The second-order valence-electron chi connectivity index (χ2n) is 11.8. The summed E-state index contributed by atoms with van der Waals surface area (Å²) in [6.07, 6.45) is 0.960. The number of amides is 2. The number of nitrogens with zero attached hydrogens (tertiary/aromatic N) is 2. The summed E-state index contributed by atoms with van der Waals surface area (Å²) in [7, 11) is -4.21. The Morgan fingerprint density at radius 3 is 1.78 bits per heavy atom. The highest BCUT2D eigenvalue weighted by Crippen LogP contribution is 2.29. The van der Waals surface area contributed by atoms with Crippen LogP contribution in [0.2, 0.25) is 0 Å². The molecule has 5 aromatic carbocycles. The molecular formula is C40H41N3O5S. The molecule has 0 fully saturated rings. The minimum atomic E-state index is -4.21. The van der Waals surface area contributed by atoms with Crippen LogP contribution >= 0.6 is 0 Å². The number of ether oxygens (including phenoxy) is 1. The summed E-state index contributed by atoms with van der Waals surface area (Å²) in [6.45, 7) is 3.46. The number of benzene rings is 5. The van der Waals surface area contributed by atoms with E-state index < -0.39 is 28.5 Å². The van der Waals surface area contributed by atoms with Crippen LogP contribution in [0.25, 0.3) is 0 Å². The number of hydrogen-bond donors (Lipinski definition) is 1. The average Bonchev–Trinajstić information content (AvgIpc) is 3.14. The first kappa shape index (κ1) is 34.9. The Balaban J connectivity index is 1.54. The van der Waals surface area contributed by atoms with Crippen LogP contribution in [0.3, 0.4) is 0 Å². The molecule has 1 N–H and O–H groups in total. The van der Waals surface area contributed by atoms with Crippen molar-refractivity contribution in [3.05, 3.63) is 157 Å². The first-order valence-corrected chi connectivity index (χ1v) is 17.8. The molecule has 9 heteroatoms. The molecule has 0 unspecified atom stereocenters. The molecule has 0 aliphatic heterocycles. The van der Waals surface area contributed by atoms with E-state index in [1.807, 2.05) is 105 Å². The van der Waals surface area contributed by atoms with Crippen molar-refractivity contribution in [2.24, 2.45) is 0 Å². The molecule has 0 radical (unpaired) electrons. The third kappa shape index (κ3) is 9.36. The van der Waals surface area contributed by atoms with Crippen molar-refractivity contribution in [2.75, 3.05) is 10.8 Å². The lowest BCUT2D eigenvalue weighted by Gasteiger charge is -2.34. The lowest BCUT2D eigenvalue weighted by Crippen LogP contribution is -2.54. The molecule has 0 aliphatic rings. The molecule has 0 aliphatic carbocycles. The number of carbonyl (C=O) groups excluding carboxylic acids is 2. The fourth-order valence-corrected chi connectivity index (χ4v) is 6.76. The van der Waals surface area contributed by atoms with Gasteiger partial charge in [-0.05, 0) is 73.0 Å². The lowest BCUT2D eigenvalue weighted by atomic mass is 10.0. The van der Waals surface area contributed by atoms with Crippen molar-refractivity contribution in [2.45, 2.75) is 50.2 Å². The van der Waals surface area contributed by atoms with E-state index in [1.165, 1.54) is 17.0 Å². The minimum Gasteiger partial charge on any atom is -0.457 e. The number of anilines is 1. The molecular weight excluding hydrogens is 635 g/mol. The monoisotopic (exact) mass is 675 g/mol. The van der Waals surface area contributed by atoms with Crippen LogP contribution in [0.4, 0.5) is 5.69 Å². The molecule has 0 bridgehead atoms. The van der Waals surface area contributed by atoms with Crippen LogP contribution < -0.4 is 14.4 Å². The highest BCUT2D eigenvalue weighted by molar-refractivity contribution is 7.92. The van der Waals surface area contributed by atoms with Gasteiger partial charge in [-0.15, -0.1) is 0 Å². The molecule has 0 heterocycles. The van der Waals surface area contributed by atoms with E-state index in [4.69, 9.17) is 4.74 Å². The van der Waals surface area contributed by atoms with Gasteiger partial charge in [-0.25, -0.2) is 8.42 Å². The highest BCUT2D eigenvalue weighted by atomic mass is 32.2. The summed E-state index contributed by atoms with van der Waals surface area (Å²) in [6, 6.07) is 41.7. The Hall–Kier alpha value is -5.41. The van der Waals surface area contributed by atoms with E-state index in [-0.39, 0.29) is 35.5 Å². The molecule has 5 rings (SSSR count). The van der Waals surface area contributed by atoms with Crippen molar-refractivity contribution >= 4 is 27.5 Å². The van der Waals surface area contributed by atoms with E-state index in [2.05, 4.69) is 5.32 Å². The van der Waals surface area contributed by atoms with Crippen molar-refractivity contribution in [1.82, 2.24) is 10.2 Å². The molecule has 252 valence electrons. The summed E-state index contributed by atoms with van der Waals surface area (Å²) < 4.78 is 35.5. The Kier molecular flexibility index (Phi) is 11.8. The van der Waals surface area contributed by atoms with Gasteiger partial charge < -0.3 is 15.0 Å². The zero-order valence-electron chi connectivity index (χ0n) is 27.7. The topological polar surface area (TPSA) is 96.0 Å². The Bertz CT molecular complexity index is 1890. The molecule has 49 heavy (non-hydrogen) atoms. The van der Waals surface area contributed by atoms with Crippen LogP contribution in [-0.2, 0) is 32.6 Å². The van der Waals surface area contributed by atoms with E-state index >= 15 is 0 Å². The van der Waals surface area contributed by atoms with E-state index in [0.29, 0.717) is 17.9 Å². The van der Waals surface area contributed by atoms with Crippen molar-refractivity contribution < 1.29 is 22.7 Å². The van der Waals surface area contributed by atoms with Gasteiger partial charge in [0.25, 0.3) is 10.0 Å². The fraction of sp³-hybridized carbons (Fsp3) is 0.200. The maximum absolute atomic E-state index is 14.6. The van der Waals surface area contributed by atoms with Crippen molar-refractivity contribution in [3.63, 3.8) is 0 Å². The quantitative estimate of drug-likeness (QED) is 0.126. The number of nitrogens with one attached hydrogen (secondary N) is 1. The number of hydrogen-bond acceptors (Lipinski definition) is 5. The molecule has 0 spiro atoms. The fourth-order valence-electron chi connectivity index (χ4n) is 5.33. The SMILES string of the molecule is CC[C@H](C)NC(=O)[C@@H](Cc1ccccc1)N(Cc1ccccc1)C(=O)CN(c1ccc(Oc2ccccc2)cc1)S(=O)(=O)c1ccccc1. The molecule has 2 atom stereocenters. The summed E-state index contributed by atoms with van der Waals surface area (Å²) in [4.78, 5) is 30.1. The summed E-state index contributed by atoms with van der Waals surface area (Å²) in [5, 5.41) is 3.06. The zero-order valence-corrected chi connectivity index (χ0v) is 28.5. The largest absolute Gasteiger partial charge is 0.457 e. The third-order valence-electron chi connectivity index (χ3n) is 8.18. The van der Waals surface area contributed by atoms with Gasteiger partial charge >= 0.3 is 0 Å². The summed E-state index contributed by atoms with van der Waals surface area (Å²) in [5.41, 5.74) is 1.96. The molecule has 5 aromatic rings. The molecule has 2 amide bonds. The van der Waals surface area contributed by atoms with E-state index in [9.17, 15) is 18.0 Å². The van der Waals surface area contributed by atoms with Crippen LogP contribution in [0.1, 0.15) is 31.4 Å². The van der Waals surface area contributed by atoms with Gasteiger partial charge in [-0.3, -0.25) is 13.9 Å². The number of rotatable bonds is 15. The second-order valence-corrected chi connectivity index (χ2v) is 13.6. The standard InChI is InChI=1S/C40H41N3O5S/c1-3-31(2)41-40(45)38(28-32-16-8-4-9-17-32)42(29-33-18-10-5-11-19-33)39(44)30-43(49(46,47)37-22-14-7-15-23-37)34-24-26-36(27-25-34)48-35-20-12-6-13-21-35/h4-27,31,38H,3,28-30H2,1-2H3,(H,41,45)/t31-,38+/m0/s1. The Morgan fingerprint density at radius 2 is 1.20 bits per heavy atom. The van der Waals surface area contributed by atoms with Gasteiger partial charge in [0, 0.05) is 19.0 Å². The van der Waals surface area contributed by atoms with Crippen LogP contribution in [0, 0.1) is 0 Å². The van der Waals surface area contributed by atoms with Gasteiger partial charge in [0.15, 0.2) is 0 Å². The predicted octanol–water partition coefficient (Wildman–Crippen LogP) is 7.23. The highest BCUT2D eigenvalue weighted by Gasteiger charge is 2.35. The maximum Gasteiger partial charge on any atom is 0.264 e. The third-order valence-corrected chi connectivity index (χ3v) is 9.97. The van der Waals surface area contributed by atoms with E-state index in [1.54, 1.807) is 42.5 Å².